The third-order valence-corrected chi connectivity index (χ3v) is 3.59. The van der Waals surface area contributed by atoms with Crippen LogP contribution in [0.1, 0.15) is 31.4 Å². The van der Waals surface area contributed by atoms with Crippen LogP contribution >= 0.6 is 0 Å². The van der Waals surface area contributed by atoms with Crippen LogP contribution in [0.4, 0.5) is 0 Å². The zero-order valence-electron chi connectivity index (χ0n) is 11.2. The van der Waals surface area contributed by atoms with Crippen LogP contribution in [0.25, 0.3) is 0 Å². The van der Waals surface area contributed by atoms with E-state index in [4.69, 9.17) is 19.9 Å². The zero-order valence-corrected chi connectivity index (χ0v) is 11.2. The summed E-state index contributed by atoms with van der Waals surface area (Å²) in [6.45, 7) is 2.64. The Labute approximate surface area is 108 Å². The lowest BCUT2D eigenvalue weighted by atomic mass is 9.86. The number of nitrogens with two attached hydrogens (primary N) is 1. The molecule has 100 valence electrons. The normalized spacial score (nSPS) is 26.3. The highest BCUT2D eigenvalue weighted by Crippen LogP contribution is 2.41. The summed E-state index contributed by atoms with van der Waals surface area (Å²) in [6.07, 6.45) is 1.64. The van der Waals surface area contributed by atoms with Crippen LogP contribution in [0.3, 0.4) is 0 Å². The maximum atomic E-state index is 6.24. The van der Waals surface area contributed by atoms with Crippen molar-refractivity contribution in [2.45, 2.75) is 31.4 Å². The Balaban J connectivity index is 2.35. The number of hydrogen-bond acceptors (Lipinski definition) is 4. The van der Waals surface area contributed by atoms with E-state index in [2.05, 4.69) is 6.92 Å². The Kier molecular flexibility index (Phi) is 3.78. The van der Waals surface area contributed by atoms with Gasteiger partial charge in [0.05, 0.1) is 13.7 Å². The summed E-state index contributed by atoms with van der Waals surface area (Å²) in [4.78, 5) is 0. The van der Waals surface area contributed by atoms with Crippen molar-refractivity contribution < 1.29 is 14.2 Å². The van der Waals surface area contributed by atoms with Crippen LogP contribution in [-0.2, 0) is 4.74 Å². The van der Waals surface area contributed by atoms with E-state index in [-0.39, 0.29) is 11.6 Å². The molecule has 0 amide bonds. The van der Waals surface area contributed by atoms with Gasteiger partial charge in [0.25, 0.3) is 0 Å². The highest BCUT2D eigenvalue weighted by atomic mass is 16.5. The molecule has 18 heavy (non-hydrogen) atoms. The van der Waals surface area contributed by atoms with E-state index in [1.807, 2.05) is 18.2 Å². The molecule has 1 aliphatic rings. The molecule has 0 saturated heterocycles. The minimum atomic E-state index is -0.326. The molecule has 0 aliphatic carbocycles. The van der Waals surface area contributed by atoms with Crippen molar-refractivity contribution in [3.8, 4) is 11.5 Å². The van der Waals surface area contributed by atoms with E-state index in [1.54, 1.807) is 14.2 Å². The van der Waals surface area contributed by atoms with E-state index in [1.165, 1.54) is 0 Å². The van der Waals surface area contributed by atoms with Crippen LogP contribution in [-0.4, -0.2) is 26.4 Å². The third kappa shape index (κ3) is 2.31. The fourth-order valence-electron chi connectivity index (χ4n) is 2.49. The van der Waals surface area contributed by atoms with Gasteiger partial charge in [0.2, 0.25) is 0 Å². The van der Waals surface area contributed by atoms with Crippen molar-refractivity contribution in [1.29, 1.82) is 0 Å². The van der Waals surface area contributed by atoms with Gasteiger partial charge in [-0.1, -0.05) is 13.0 Å². The number of ether oxygens (including phenoxy) is 3. The molecule has 0 fully saturated rings. The van der Waals surface area contributed by atoms with Crippen molar-refractivity contribution in [3.05, 3.63) is 23.8 Å². The summed E-state index contributed by atoms with van der Waals surface area (Å²) in [5.74, 6) is 1.59. The number of methoxy groups -OCH3 is 2. The van der Waals surface area contributed by atoms with Crippen LogP contribution in [0.15, 0.2) is 18.2 Å². The molecule has 4 heteroatoms. The molecule has 0 radical (unpaired) electrons. The summed E-state index contributed by atoms with van der Waals surface area (Å²) in [5.41, 5.74) is 6.96. The molecule has 1 aromatic carbocycles. The summed E-state index contributed by atoms with van der Waals surface area (Å²) in [6, 6.07) is 5.77. The first-order valence-electron chi connectivity index (χ1n) is 6.25. The molecule has 1 aromatic rings. The Morgan fingerprint density at radius 2 is 2.22 bits per heavy atom. The summed E-state index contributed by atoms with van der Waals surface area (Å²) in [7, 11) is 3.33. The molecule has 0 bridgehead atoms. The number of hydrogen-bond donors (Lipinski definition) is 1. The molecule has 1 heterocycles. The number of benzene rings is 1. The minimum Gasteiger partial charge on any atom is -0.497 e. The van der Waals surface area contributed by atoms with Crippen LogP contribution < -0.4 is 15.2 Å². The standard InChI is InChI=1S/C14H21NO3/c1-4-14(9-16-2)8-12(15)11-6-5-10(17-3)7-13(11)18-14/h5-7,12H,4,8-9,15H2,1-3H3/t12-,14?/m1/s1. The van der Waals surface area contributed by atoms with Gasteiger partial charge in [-0.2, -0.15) is 0 Å². The summed E-state index contributed by atoms with van der Waals surface area (Å²) in [5, 5.41) is 0. The van der Waals surface area contributed by atoms with Gasteiger partial charge in [0.15, 0.2) is 0 Å². The molecule has 1 unspecified atom stereocenters. The minimum absolute atomic E-state index is 0.0187. The van der Waals surface area contributed by atoms with Gasteiger partial charge in [0, 0.05) is 31.2 Å². The van der Waals surface area contributed by atoms with Gasteiger partial charge < -0.3 is 19.9 Å². The molecule has 2 atom stereocenters. The predicted molar refractivity (Wildman–Crippen MR) is 70.1 cm³/mol. The Hall–Kier alpha value is -1.26. The third-order valence-electron chi connectivity index (χ3n) is 3.59. The maximum absolute atomic E-state index is 6.24. The van der Waals surface area contributed by atoms with Crippen molar-refractivity contribution >= 4 is 0 Å². The van der Waals surface area contributed by atoms with Gasteiger partial charge in [-0.05, 0) is 12.5 Å². The predicted octanol–water partition coefficient (Wildman–Crippen LogP) is 2.27. The van der Waals surface area contributed by atoms with Gasteiger partial charge >= 0.3 is 0 Å². The molecule has 2 rings (SSSR count). The molecule has 1 aliphatic heterocycles. The first-order chi connectivity index (χ1) is 8.64. The Bertz CT molecular complexity index is 422. The first kappa shape index (κ1) is 13.2. The van der Waals surface area contributed by atoms with Crippen molar-refractivity contribution in [1.82, 2.24) is 0 Å². The van der Waals surface area contributed by atoms with Crippen LogP contribution in [0.2, 0.25) is 0 Å². The second-order valence-electron chi connectivity index (χ2n) is 4.79. The molecule has 4 nitrogen and oxygen atoms in total. The lowest BCUT2D eigenvalue weighted by Gasteiger charge is -2.40. The Morgan fingerprint density at radius 1 is 1.44 bits per heavy atom. The second kappa shape index (κ2) is 5.16. The molecule has 2 N–H and O–H groups in total. The lowest BCUT2D eigenvalue weighted by molar-refractivity contribution is -0.0338. The SMILES string of the molecule is CCC1(COC)C[C@@H](N)c2ccc(OC)cc2O1. The second-order valence-corrected chi connectivity index (χ2v) is 4.79. The van der Waals surface area contributed by atoms with E-state index < -0.39 is 0 Å². The fourth-order valence-corrected chi connectivity index (χ4v) is 2.49. The first-order valence-corrected chi connectivity index (χ1v) is 6.25. The lowest BCUT2D eigenvalue weighted by Crippen LogP contribution is -2.46. The molecule has 0 spiro atoms. The van der Waals surface area contributed by atoms with Crippen LogP contribution in [0.5, 0.6) is 11.5 Å². The van der Waals surface area contributed by atoms with E-state index in [9.17, 15) is 0 Å². The van der Waals surface area contributed by atoms with Crippen molar-refractivity contribution in [2.24, 2.45) is 5.73 Å². The zero-order chi connectivity index (χ0) is 13.2. The average molecular weight is 251 g/mol. The highest BCUT2D eigenvalue weighted by Gasteiger charge is 2.38. The van der Waals surface area contributed by atoms with Crippen molar-refractivity contribution in [3.63, 3.8) is 0 Å². The maximum Gasteiger partial charge on any atom is 0.134 e. The average Bonchev–Trinajstić information content (AvgIpc) is 2.38. The molecule has 0 aromatic heterocycles. The smallest absolute Gasteiger partial charge is 0.134 e. The van der Waals surface area contributed by atoms with Gasteiger partial charge in [0.1, 0.15) is 17.1 Å². The quantitative estimate of drug-likeness (QED) is 0.892. The van der Waals surface area contributed by atoms with Crippen molar-refractivity contribution in [2.75, 3.05) is 20.8 Å². The number of rotatable bonds is 4. The highest BCUT2D eigenvalue weighted by molar-refractivity contribution is 5.44. The monoisotopic (exact) mass is 251 g/mol. The van der Waals surface area contributed by atoms with Gasteiger partial charge in [-0.15, -0.1) is 0 Å². The number of fused-ring (bicyclic) bond motifs is 1. The topological polar surface area (TPSA) is 53.7 Å². The van der Waals surface area contributed by atoms with E-state index in [0.29, 0.717) is 6.61 Å². The van der Waals surface area contributed by atoms with E-state index in [0.717, 1.165) is 29.9 Å². The van der Waals surface area contributed by atoms with Gasteiger partial charge in [-0.25, -0.2) is 0 Å². The molecular formula is C14H21NO3. The largest absolute Gasteiger partial charge is 0.497 e. The molecule has 0 saturated carbocycles. The fraction of sp³-hybridized carbons (Fsp3) is 0.571. The summed E-state index contributed by atoms with van der Waals surface area (Å²) < 4.78 is 16.6. The van der Waals surface area contributed by atoms with Crippen LogP contribution in [0, 0.1) is 0 Å². The van der Waals surface area contributed by atoms with Gasteiger partial charge in [-0.3, -0.25) is 0 Å². The van der Waals surface area contributed by atoms with E-state index >= 15 is 0 Å². The summed E-state index contributed by atoms with van der Waals surface area (Å²) >= 11 is 0. The Morgan fingerprint density at radius 3 is 2.83 bits per heavy atom. The molecular weight excluding hydrogens is 230 g/mol.